The highest BCUT2D eigenvalue weighted by atomic mass is 14.9. The quantitative estimate of drug-likeness (QED) is 0.751. The summed E-state index contributed by atoms with van der Waals surface area (Å²) in [6.45, 7) is 4.31. The van der Waals surface area contributed by atoms with Crippen LogP contribution in [0.1, 0.15) is 37.4 Å². The summed E-state index contributed by atoms with van der Waals surface area (Å²) < 4.78 is 0. The smallest absolute Gasteiger partial charge is 0.0393 e. The molecule has 0 saturated heterocycles. The second-order valence-corrected chi connectivity index (χ2v) is 4.32. The van der Waals surface area contributed by atoms with Crippen LogP contribution in [0.4, 0.5) is 5.69 Å². The first kappa shape index (κ1) is 9.53. The zero-order valence-electron chi connectivity index (χ0n) is 8.88. The van der Waals surface area contributed by atoms with Crippen LogP contribution in [0.2, 0.25) is 0 Å². The van der Waals surface area contributed by atoms with Crippen molar-refractivity contribution in [3.63, 3.8) is 0 Å². The summed E-state index contributed by atoms with van der Waals surface area (Å²) >= 11 is 0. The minimum atomic E-state index is 0.229. The predicted octanol–water partition coefficient (Wildman–Crippen LogP) is 2.45. The minimum Gasteiger partial charge on any atom is -0.383 e. The summed E-state index contributed by atoms with van der Waals surface area (Å²) in [6, 6.07) is 7.13. The molecule has 0 aliphatic heterocycles. The van der Waals surface area contributed by atoms with Gasteiger partial charge in [-0.05, 0) is 43.9 Å². The Balaban J connectivity index is 2.36. The van der Waals surface area contributed by atoms with E-state index in [1.807, 2.05) is 0 Å². The Kier molecular flexibility index (Phi) is 2.46. The van der Waals surface area contributed by atoms with Crippen LogP contribution in [0.3, 0.4) is 0 Å². The number of nitrogens with two attached hydrogens (primary N) is 1. The number of hydrogen-bond donors (Lipinski definition) is 2. The van der Waals surface area contributed by atoms with Gasteiger partial charge < -0.3 is 11.1 Å². The molecule has 2 heteroatoms. The molecule has 0 heterocycles. The summed E-state index contributed by atoms with van der Waals surface area (Å²) in [4.78, 5) is 0. The molecule has 76 valence electrons. The van der Waals surface area contributed by atoms with Gasteiger partial charge in [-0.3, -0.25) is 0 Å². The van der Waals surface area contributed by atoms with Crippen LogP contribution in [-0.4, -0.2) is 6.04 Å². The first-order valence-corrected chi connectivity index (χ1v) is 5.32. The third-order valence-electron chi connectivity index (χ3n) is 2.74. The molecule has 0 spiro atoms. The van der Waals surface area contributed by atoms with Gasteiger partial charge in [-0.25, -0.2) is 0 Å². The summed E-state index contributed by atoms with van der Waals surface area (Å²) in [6.07, 6.45) is 2.22. The summed E-state index contributed by atoms with van der Waals surface area (Å²) in [5.74, 6) is 0. The van der Waals surface area contributed by atoms with E-state index in [0.29, 0.717) is 6.04 Å². The molecule has 0 amide bonds. The zero-order valence-corrected chi connectivity index (χ0v) is 8.88. The number of rotatable bonds is 2. The van der Waals surface area contributed by atoms with Crippen molar-refractivity contribution in [2.45, 2.75) is 38.8 Å². The van der Waals surface area contributed by atoms with Crippen LogP contribution in [-0.2, 0) is 6.42 Å². The van der Waals surface area contributed by atoms with Gasteiger partial charge in [-0.2, -0.15) is 0 Å². The molecule has 1 unspecified atom stereocenters. The molecular formula is C12H18N2. The fourth-order valence-electron chi connectivity index (χ4n) is 2.16. The average Bonchev–Trinajstić information content (AvgIpc) is 2.48. The zero-order chi connectivity index (χ0) is 10.1. The maximum Gasteiger partial charge on any atom is 0.0393 e. The van der Waals surface area contributed by atoms with E-state index in [1.165, 1.54) is 16.8 Å². The predicted molar refractivity (Wildman–Crippen MR) is 60.5 cm³/mol. The lowest BCUT2D eigenvalue weighted by Gasteiger charge is -2.16. The SMILES string of the molecule is CC(C)Nc1cccc2c1C(N)CC2. The van der Waals surface area contributed by atoms with Gasteiger partial charge in [-0.15, -0.1) is 0 Å². The molecule has 3 N–H and O–H groups in total. The van der Waals surface area contributed by atoms with E-state index >= 15 is 0 Å². The Labute approximate surface area is 85.5 Å². The highest BCUT2D eigenvalue weighted by Crippen LogP contribution is 2.35. The number of anilines is 1. The Morgan fingerprint density at radius 1 is 1.43 bits per heavy atom. The Morgan fingerprint density at radius 2 is 2.21 bits per heavy atom. The monoisotopic (exact) mass is 190 g/mol. The summed E-state index contributed by atoms with van der Waals surface area (Å²) in [5, 5.41) is 3.46. The Bertz CT molecular complexity index is 331. The molecule has 1 aromatic carbocycles. The maximum atomic E-state index is 6.08. The summed E-state index contributed by atoms with van der Waals surface area (Å²) in [7, 11) is 0. The van der Waals surface area contributed by atoms with E-state index in [-0.39, 0.29) is 6.04 Å². The lowest BCUT2D eigenvalue weighted by atomic mass is 10.1. The van der Waals surface area contributed by atoms with E-state index in [2.05, 4.69) is 37.4 Å². The lowest BCUT2D eigenvalue weighted by molar-refractivity contribution is 0.712. The van der Waals surface area contributed by atoms with E-state index in [9.17, 15) is 0 Å². The van der Waals surface area contributed by atoms with Crippen LogP contribution < -0.4 is 11.1 Å². The van der Waals surface area contributed by atoms with Crippen molar-refractivity contribution >= 4 is 5.69 Å². The number of aryl methyl sites for hydroxylation is 1. The number of benzene rings is 1. The largest absolute Gasteiger partial charge is 0.383 e. The van der Waals surface area contributed by atoms with Crippen LogP contribution in [0.15, 0.2) is 18.2 Å². The van der Waals surface area contributed by atoms with Crippen molar-refractivity contribution in [3.05, 3.63) is 29.3 Å². The second-order valence-electron chi connectivity index (χ2n) is 4.32. The van der Waals surface area contributed by atoms with Gasteiger partial charge in [0.25, 0.3) is 0 Å². The van der Waals surface area contributed by atoms with Gasteiger partial charge in [0.1, 0.15) is 0 Å². The van der Waals surface area contributed by atoms with E-state index in [1.54, 1.807) is 0 Å². The molecule has 0 fully saturated rings. The van der Waals surface area contributed by atoms with Gasteiger partial charge in [0.2, 0.25) is 0 Å². The fourth-order valence-corrected chi connectivity index (χ4v) is 2.16. The van der Waals surface area contributed by atoms with E-state index in [4.69, 9.17) is 5.73 Å². The molecule has 14 heavy (non-hydrogen) atoms. The molecular weight excluding hydrogens is 172 g/mol. The normalized spacial score (nSPS) is 19.9. The molecule has 0 aromatic heterocycles. The molecule has 0 saturated carbocycles. The number of fused-ring (bicyclic) bond motifs is 1. The first-order chi connectivity index (χ1) is 6.68. The van der Waals surface area contributed by atoms with Gasteiger partial charge in [0.15, 0.2) is 0 Å². The standard InChI is InChI=1S/C12H18N2/c1-8(2)14-11-5-3-4-9-6-7-10(13)12(9)11/h3-5,8,10,14H,6-7,13H2,1-2H3. The van der Waals surface area contributed by atoms with Crippen molar-refractivity contribution in [2.75, 3.05) is 5.32 Å². The van der Waals surface area contributed by atoms with Crippen molar-refractivity contribution < 1.29 is 0 Å². The maximum absolute atomic E-state index is 6.08. The molecule has 1 aliphatic carbocycles. The molecule has 2 nitrogen and oxygen atoms in total. The molecule has 1 aromatic rings. The molecule has 1 aliphatic rings. The van der Waals surface area contributed by atoms with Crippen LogP contribution in [0, 0.1) is 0 Å². The average molecular weight is 190 g/mol. The van der Waals surface area contributed by atoms with Crippen molar-refractivity contribution in [2.24, 2.45) is 5.73 Å². The topological polar surface area (TPSA) is 38.0 Å². The fraction of sp³-hybridized carbons (Fsp3) is 0.500. The highest BCUT2D eigenvalue weighted by molar-refractivity contribution is 5.58. The van der Waals surface area contributed by atoms with Crippen molar-refractivity contribution in [1.29, 1.82) is 0 Å². The molecule has 2 rings (SSSR count). The van der Waals surface area contributed by atoms with Crippen molar-refractivity contribution in [1.82, 2.24) is 0 Å². The number of hydrogen-bond acceptors (Lipinski definition) is 2. The Morgan fingerprint density at radius 3 is 2.93 bits per heavy atom. The van der Waals surface area contributed by atoms with E-state index in [0.717, 1.165) is 12.8 Å². The number of nitrogens with one attached hydrogen (secondary N) is 1. The third-order valence-corrected chi connectivity index (χ3v) is 2.74. The third kappa shape index (κ3) is 1.62. The van der Waals surface area contributed by atoms with Gasteiger partial charge in [0.05, 0.1) is 0 Å². The molecule has 0 radical (unpaired) electrons. The minimum absolute atomic E-state index is 0.229. The van der Waals surface area contributed by atoms with E-state index < -0.39 is 0 Å². The van der Waals surface area contributed by atoms with Gasteiger partial charge >= 0.3 is 0 Å². The molecule has 1 atom stereocenters. The Hall–Kier alpha value is -1.02. The van der Waals surface area contributed by atoms with Crippen LogP contribution in [0.25, 0.3) is 0 Å². The lowest BCUT2D eigenvalue weighted by Crippen LogP contribution is -2.14. The summed E-state index contributed by atoms with van der Waals surface area (Å²) in [5.41, 5.74) is 10.1. The van der Waals surface area contributed by atoms with Crippen molar-refractivity contribution in [3.8, 4) is 0 Å². The van der Waals surface area contributed by atoms with Gasteiger partial charge in [0, 0.05) is 17.8 Å². The molecule has 0 bridgehead atoms. The van der Waals surface area contributed by atoms with Crippen LogP contribution in [0.5, 0.6) is 0 Å². The second kappa shape index (κ2) is 3.62. The van der Waals surface area contributed by atoms with Crippen LogP contribution >= 0.6 is 0 Å². The highest BCUT2D eigenvalue weighted by Gasteiger charge is 2.21. The van der Waals surface area contributed by atoms with Gasteiger partial charge in [-0.1, -0.05) is 12.1 Å². The first-order valence-electron chi connectivity index (χ1n) is 5.32.